The van der Waals surface area contributed by atoms with Crippen molar-refractivity contribution in [1.82, 2.24) is 9.97 Å². The summed E-state index contributed by atoms with van der Waals surface area (Å²) >= 11 is 0. The van der Waals surface area contributed by atoms with E-state index >= 15 is 0 Å². The fraction of sp³-hybridized carbons (Fsp3) is 0.583. The topological polar surface area (TPSA) is 52.8 Å². The molecule has 4 nitrogen and oxygen atoms in total. The quantitative estimate of drug-likeness (QED) is 0.758. The van der Waals surface area contributed by atoms with Crippen LogP contribution in [0.1, 0.15) is 32.4 Å². The van der Waals surface area contributed by atoms with Gasteiger partial charge in [-0.05, 0) is 18.8 Å². The summed E-state index contributed by atoms with van der Waals surface area (Å²) in [5, 5.41) is 9.02. The van der Waals surface area contributed by atoms with E-state index in [1.807, 2.05) is 0 Å². The normalized spacial score (nSPS) is 20.1. The van der Waals surface area contributed by atoms with Crippen LogP contribution in [-0.4, -0.2) is 22.6 Å². The first-order chi connectivity index (χ1) is 7.74. The SMILES string of the molecule is CC(C)C1CCCN1c1nccnc1C#N. The zero-order valence-corrected chi connectivity index (χ0v) is 9.72. The Morgan fingerprint density at radius 1 is 1.44 bits per heavy atom. The third-order valence-electron chi connectivity index (χ3n) is 3.13. The van der Waals surface area contributed by atoms with Gasteiger partial charge >= 0.3 is 0 Å². The van der Waals surface area contributed by atoms with Gasteiger partial charge in [0.25, 0.3) is 0 Å². The molecule has 2 rings (SSSR count). The standard InChI is InChI=1S/C12H16N4/c1-9(2)11-4-3-7-16(11)12-10(8-13)14-5-6-15-12/h5-6,9,11H,3-4,7H2,1-2H3. The minimum Gasteiger partial charge on any atom is -0.351 e. The van der Waals surface area contributed by atoms with Crippen molar-refractivity contribution < 1.29 is 0 Å². The van der Waals surface area contributed by atoms with Crippen LogP contribution in [0.3, 0.4) is 0 Å². The second kappa shape index (κ2) is 4.48. The molecule has 2 heterocycles. The number of hydrogen-bond acceptors (Lipinski definition) is 4. The zero-order valence-electron chi connectivity index (χ0n) is 9.72. The van der Waals surface area contributed by atoms with E-state index in [1.165, 1.54) is 12.8 Å². The maximum atomic E-state index is 9.02. The van der Waals surface area contributed by atoms with Gasteiger partial charge in [0, 0.05) is 25.0 Å². The van der Waals surface area contributed by atoms with Crippen LogP contribution in [0.2, 0.25) is 0 Å². The molecule has 0 radical (unpaired) electrons. The molecule has 84 valence electrons. The molecule has 1 fully saturated rings. The molecule has 16 heavy (non-hydrogen) atoms. The maximum Gasteiger partial charge on any atom is 0.183 e. The lowest BCUT2D eigenvalue weighted by Crippen LogP contribution is -2.34. The number of nitriles is 1. The van der Waals surface area contributed by atoms with E-state index in [0.717, 1.165) is 12.4 Å². The Morgan fingerprint density at radius 3 is 2.88 bits per heavy atom. The number of anilines is 1. The molecular formula is C12H16N4. The second-order valence-corrected chi connectivity index (χ2v) is 4.49. The van der Waals surface area contributed by atoms with Crippen LogP contribution in [0.5, 0.6) is 0 Å². The fourth-order valence-electron chi connectivity index (χ4n) is 2.37. The number of hydrogen-bond donors (Lipinski definition) is 0. The molecule has 1 unspecified atom stereocenters. The lowest BCUT2D eigenvalue weighted by Gasteiger charge is -2.28. The summed E-state index contributed by atoms with van der Waals surface area (Å²) in [7, 11) is 0. The van der Waals surface area contributed by atoms with Crippen molar-refractivity contribution in [3.63, 3.8) is 0 Å². The zero-order chi connectivity index (χ0) is 11.5. The molecule has 1 aromatic rings. The van der Waals surface area contributed by atoms with Gasteiger partial charge in [0.2, 0.25) is 0 Å². The summed E-state index contributed by atoms with van der Waals surface area (Å²) in [5.74, 6) is 1.33. The van der Waals surface area contributed by atoms with Crippen molar-refractivity contribution in [2.24, 2.45) is 5.92 Å². The predicted octanol–water partition coefficient (Wildman–Crippen LogP) is 1.97. The van der Waals surface area contributed by atoms with E-state index in [-0.39, 0.29) is 0 Å². The summed E-state index contributed by atoms with van der Waals surface area (Å²) in [6.07, 6.45) is 5.58. The Hall–Kier alpha value is -1.63. The molecule has 4 heteroatoms. The molecular weight excluding hydrogens is 200 g/mol. The number of rotatable bonds is 2. The largest absolute Gasteiger partial charge is 0.351 e. The molecule has 1 atom stereocenters. The third-order valence-corrected chi connectivity index (χ3v) is 3.13. The van der Waals surface area contributed by atoms with Crippen molar-refractivity contribution >= 4 is 5.82 Å². The van der Waals surface area contributed by atoms with E-state index in [0.29, 0.717) is 17.7 Å². The van der Waals surface area contributed by atoms with Gasteiger partial charge in [-0.1, -0.05) is 13.8 Å². The Kier molecular flexibility index (Phi) is 3.04. The number of nitrogens with zero attached hydrogens (tertiary/aromatic N) is 4. The first-order valence-corrected chi connectivity index (χ1v) is 5.71. The van der Waals surface area contributed by atoms with Crippen LogP contribution in [0, 0.1) is 17.2 Å². The van der Waals surface area contributed by atoms with Crippen molar-refractivity contribution in [1.29, 1.82) is 5.26 Å². The molecule has 0 aromatic carbocycles. The lowest BCUT2D eigenvalue weighted by atomic mass is 10.0. The summed E-state index contributed by atoms with van der Waals surface area (Å²) in [4.78, 5) is 10.6. The van der Waals surface area contributed by atoms with Crippen molar-refractivity contribution in [2.45, 2.75) is 32.7 Å². The molecule has 1 saturated heterocycles. The molecule has 0 saturated carbocycles. The molecule has 1 aromatic heterocycles. The van der Waals surface area contributed by atoms with Crippen molar-refractivity contribution in [3.05, 3.63) is 18.1 Å². The average molecular weight is 216 g/mol. The first kappa shape index (κ1) is 10.9. The molecule has 0 bridgehead atoms. The van der Waals surface area contributed by atoms with E-state index in [9.17, 15) is 0 Å². The lowest BCUT2D eigenvalue weighted by molar-refractivity contribution is 0.489. The van der Waals surface area contributed by atoms with Gasteiger partial charge in [-0.2, -0.15) is 5.26 Å². The van der Waals surface area contributed by atoms with Crippen LogP contribution in [0.4, 0.5) is 5.82 Å². The second-order valence-electron chi connectivity index (χ2n) is 4.49. The number of aromatic nitrogens is 2. The average Bonchev–Trinajstić information content (AvgIpc) is 2.77. The van der Waals surface area contributed by atoms with Gasteiger partial charge in [-0.3, -0.25) is 0 Å². The maximum absolute atomic E-state index is 9.02. The van der Waals surface area contributed by atoms with Crippen molar-refractivity contribution in [3.8, 4) is 6.07 Å². The molecule has 0 amide bonds. The molecule has 0 aliphatic carbocycles. The molecule has 0 N–H and O–H groups in total. The summed E-state index contributed by atoms with van der Waals surface area (Å²) < 4.78 is 0. The van der Waals surface area contributed by atoms with Crippen LogP contribution < -0.4 is 4.90 Å². The van der Waals surface area contributed by atoms with Crippen LogP contribution in [-0.2, 0) is 0 Å². The third kappa shape index (κ3) is 1.85. The highest BCUT2D eigenvalue weighted by atomic mass is 15.2. The van der Waals surface area contributed by atoms with Crippen molar-refractivity contribution in [2.75, 3.05) is 11.4 Å². The molecule has 0 spiro atoms. The minimum absolute atomic E-state index is 0.440. The highest BCUT2D eigenvalue weighted by Crippen LogP contribution is 2.29. The Balaban J connectivity index is 2.33. The van der Waals surface area contributed by atoms with E-state index in [4.69, 9.17) is 5.26 Å². The molecule has 1 aliphatic rings. The van der Waals surface area contributed by atoms with E-state index in [1.54, 1.807) is 12.4 Å². The van der Waals surface area contributed by atoms with Gasteiger partial charge < -0.3 is 4.90 Å². The molecule has 1 aliphatic heterocycles. The Bertz CT molecular complexity index is 408. The van der Waals surface area contributed by atoms with E-state index in [2.05, 4.69) is 34.8 Å². The van der Waals surface area contributed by atoms with Gasteiger partial charge in [0.1, 0.15) is 6.07 Å². The summed E-state index contributed by atoms with van der Waals surface area (Å²) in [6, 6.07) is 2.61. The van der Waals surface area contributed by atoms with Gasteiger partial charge in [0.05, 0.1) is 0 Å². The van der Waals surface area contributed by atoms with Gasteiger partial charge in [0.15, 0.2) is 11.5 Å². The first-order valence-electron chi connectivity index (χ1n) is 5.71. The summed E-state index contributed by atoms with van der Waals surface area (Å²) in [5.41, 5.74) is 0.440. The van der Waals surface area contributed by atoms with E-state index < -0.39 is 0 Å². The highest BCUT2D eigenvalue weighted by Gasteiger charge is 2.29. The fourth-order valence-corrected chi connectivity index (χ4v) is 2.37. The Labute approximate surface area is 95.9 Å². The predicted molar refractivity (Wildman–Crippen MR) is 62.0 cm³/mol. The highest BCUT2D eigenvalue weighted by molar-refractivity contribution is 5.51. The monoisotopic (exact) mass is 216 g/mol. The summed E-state index contributed by atoms with van der Waals surface area (Å²) in [6.45, 7) is 5.41. The van der Waals surface area contributed by atoms with Gasteiger partial charge in [-0.15, -0.1) is 0 Å². The van der Waals surface area contributed by atoms with Crippen LogP contribution in [0.25, 0.3) is 0 Å². The van der Waals surface area contributed by atoms with Crippen LogP contribution in [0.15, 0.2) is 12.4 Å². The Morgan fingerprint density at radius 2 is 2.19 bits per heavy atom. The van der Waals surface area contributed by atoms with Gasteiger partial charge in [-0.25, -0.2) is 9.97 Å². The smallest absolute Gasteiger partial charge is 0.183 e. The van der Waals surface area contributed by atoms with Crippen LogP contribution >= 0.6 is 0 Å². The minimum atomic E-state index is 0.440.